The molecular weight excluding hydrogens is 248 g/mol. The van der Waals surface area contributed by atoms with Gasteiger partial charge in [0.25, 0.3) is 0 Å². The van der Waals surface area contributed by atoms with E-state index in [1.54, 1.807) is 12.1 Å². The van der Waals surface area contributed by atoms with E-state index in [0.29, 0.717) is 18.9 Å². The lowest BCUT2D eigenvalue weighted by Gasteiger charge is -2.35. The van der Waals surface area contributed by atoms with Gasteiger partial charge in [-0.2, -0.15) is 5.26 Å². The van der Waals surface area contributed by atoms with Crippen molar-refractivity contribution in [3.05, 3.63) is 17.8 Å². The summed E-state index contributed by atoms with van der Waals surface area (Å²) in [5, 5.41) is 16.4. The summed E-state index contributed by atoms with van der Waals surface area (Å²) in [5.41, 5.74) is 0.259. The average molecular weight is 262 g/mol. The molecule has 1 aromatic heterocycles. The zero-order valence-corrected chi connectivity index (χ0v) is 10.7. The number of rotatable bonds is 2. The van der Waals surface area contributed by atoms with Crippen LogP contribution in [0.5, 0.6) is 0 Å². The third kappa shape index (κ3) is 2.98. The maximum Gasteiger partial charge on any atom is 0.336 e. The molecular formula is C12H14N4O3. The van der Waals surface area contributed by atoms with E-state index in [9.17, 15) is 4.79 Å². The summed E-state index contributed by atoms with van der Waals surface area (Å²) in [4.78, 5) is 13.4. The molecule has 0 saturated carbocycles. The van der Waals surface area contributed by atoms with Gasteiger partial charge < -0.3 is 14.4 Å². The number of nitriles is 1. The number of ether oxygens (including phenoxy) is 2. The fraction of sp³-hybridized carbons (Fsp3) is 0.500. The first kappa shape index (κ1) is 13.2. The predicted octanol–water partition coefficient (Wildman–Crippen LogP) is 0.115. The van der Waals surface area contributed by atoms with Crippen molar-refractivity contribution < 1.29 is 14.3 Å². The summed E-state index contributed by atoms with van der Waals surface area (Å²) < 4.78 is 10.2. The first-order chi connectivity index (χ1) is 9.13. The van der Waals surface area contributed by atoms with Crippen LogP contribution in [0, 0.1) is 11.3 Å². The van der Waals surface area contributed by atoms with Gasteiger partial charge in [-0.05, 0) is 19.1 Å². The summed E-state index contributed by atoms with van der Waals surface area (Å²) in [6.07, 6.45) is -0.749. The molecule has 1 saturated heterocycles. The molecule has 7 nitrogen and oxygen atoms in total. The standard InChI is InChI=1S/C12H14N4O3/c1-8-6-16(7-10(19-8)12(17)18-2)11-4-3-9(5-13)14-15-11/h3-4,8,10H,6-7H2,1-2H3/t8-,10?/m1/s1. The normalized spacial score (nSPS) is 22.7. The number of carbonyl (C=O) groups is 1. The summed E-state index contributed by atoms with van der Waals surface area (Å²) in [5.74, 6) is 0.209. The highest BCUT2D eigenvalue weighted by atomic mass is 16.6. The molecule has 0 aromatic carbocycles. The Bertz CT molecular complexity index is 497. The molecule has 0 radical (unpaired) electrons. The minimum Gasteiger partial charge on any atom is -0.467 e. The highest BCUT2D eigenvalue weighted by Gasteiger charge is 2.31. The van der Waals surface area contributed by atoms with Crippen LogP contribution in [-0.4, -0.2) is 48.6 Å². The number of hydrogen-bond donors (Lipinski definition) is 0. The topological polar surface area (TPSA) is 88.3 Å². The molecule has 2 heterocycles. The Balaban J connectivity index is 2.14. The van der Waals surface area contributed by atoms with E-state index < -0.39 is 12.1 Å². The van der Waals surface area contributed by atoms with Gasteiger partial charge in [0.1, 0.15) is 6.07 Å². The molecule has 2 atom stereocenters. The van der Waals surface area contributed by atoms with Crippen LogP contribution < -0.4 is 4.90 Å². The molecule has 1 aliphatic heterocycles. The summed E-state index contributed by atoms with van der Waals surface area (Å²) in [6, 6.07) is 5.21. The van der Waals surface area contributed by atoms with Crippen LogP contribution in [0.15, 0.2) is 12.1 Å². The fourth-order valence-electron chi connectivity index (χ4n) is 1.95. The molecule has 1 unspecified atom stereocenters. The van der Waals surface area contributed by atoms with Crippen LogP contribution in [0.4, 0.5) is 5.82 Å². The number of hydrogen-bond acceptors (Lipinski definition) is 7. The average Bonchev–Trinajstić information content (AvgIpc) is 2.45. The van der Waals surface area contributed by atoms with Gasteiger partial charge in [0.15, 0.2) is 17.6 Å². The van der Waals surface area contributed by atoms with E-state index in [1.165, 1.54) is 7.11 Å². The van der Waals surface area contributed by atoms with Gasteiger partial charge >= 0.3 is 5.97 Å². The van der Waals surface area contributed by atoms with Crippen molar-refractivity contribution in [2.24, 2.45) is 0 Å². The minimum absolute atomic E-state index is 0.115. The van der Waals surface area contributed by atoms with Crippen LogP contribution in [0.2, 0.25) is 0 Å². The Hall–Kier alpha value is -2.20. The van der Waals surface area contributed by atoms with E-state index in [4.69, 9.17) is 10.00 Å². The van der Waals surface area contributed by atoms with Crippen LogP contribution in [0.1, 0.15) is 12.6 Å². The van der Waals surface area contributed by atoms with Crippen molar-refractivity contribution >= 4 is 11.8 Å². The lowest BCUT2D eigenvalue weighted by Crippen LogP contribution is -2.50. The Morgan fingerprint density at radius 1 is 1.53 bits per heavy atom. The third-order valence-corrected chi connectivity index (χ3v) is 2.81. The number of nitrogens with zero attached hydrogens (tertiary/aromatic N) is 4. The number of esters is 1. The molecule has 0 amide bonds. The van der Waals surface area contributed by atoms with Crippen LogP contribution in [0.3, 0.4) is 0 Å². The maximum atomic E-state index is 11.5. The van der Waals surface area contributed by atoms with E-state index >= 15 is 0 Å². The minimum atomic E-state index is -0.633. The molecule has 7 heteroatoms. The molecule has 0 aliphatic carbocycles. The SMILES string of the molecule is COC(=O)C1CN(c2ccc(C#N)nn2)C[C@@H](C)O1. The van der Waals surface area contributed by atoms with Gasteiger partial charge in [-0.1, -0.05) is 0 Å². The largest absolute Gasteiger partial charge is 0.467 e. The van der Waals surface area contributed by atoms with Gasteiger partial charge in [-0.15, -0.1) is 10.2 Å². The summed E-state index contributed by atoms with van der Waals surface area (Å²) in [7, 11) is 1.33. The first-order valence-corrected chi connectivity index (χ1v) is 5.86. The Morgan fingerprint density at radius 3 is 2.89 bits per heavy atom. The third-order valence-electron chi connectivity index (χ3n) is 2.81. The molecule has 19 heavy (non-hydrogen) atoms. The van der Waals surface area contributed by atoms with Crippen molar-refractivity contribution in [2.75, 3.05) is 25.1 Å². The lowest BCUT2D eigenvalue weighted by molar-refractivity contribution is -0.158. The molecule has 1 aromatic rings. The van der Waals surface area contributed by atoms with Crippen molar-refractivity contribution in [3.8, 4) is 6.07 Å². The number of aromatic nitrogens is 2. The van der Waals surface area contributed by atoms with Crippen LogP contribution in [0.25, 0.3) is 0 Å². The highest BCUT2D eigenvalue weighted by molar-refractivity contribution is 5.75. The zero-order chi connectivity index (χ0) is 13.8. The van der Waals surface area contributed by atoms with E-state index in [0.717, 1.165) is 0 Å². The predicted molar refractivity (Wildman–Crippen MR) is 65.3 cm³/mol. The first-order valence-electron chi connectivity index (χ1n) is 5.86. The van der Waals surface area contributed by atoms with E-state index in [1.807, 2.05) is 17.9 Å². The fourth-order valence-corrected chi connectivity index (χ4v) is 1.95. The summed E-state index contributed by atoms with van der Waals surface area (Å²) in [6.45, 7) is 2.84. The quantitative estimate of drug-likeness (QED) is 0.699. The molecule has 2 rings (SSSR count). The smallest absolute Gasteiger partial charge is 0.336 e. The Kier molecular flexibility index (Phi) is 3.92. The molecule has 0 bridgehead atoms. The van der Waals surface area contributed by atoms with Crippen molar-refractivity contribution in [1.82, 2.24) is 10.2 Å². The number of methoxy groups -OCH3 is 1. The van der Waals surface area contributed by atoms with Gasteiger partial charge in [0, 0.05) is 6.54 Å². The molecule has 100 valence electrons. The second-order valence-corrected chi connectivity index (χ2v) is 4.25. The van der Waals surface area contributed by atoms with Gasteiger partial charge in [0.2, 0.25) is 0 Å². The van der Waals surface area contributed by atoms with E-state index in [-0.39, 0.29) is 11.8 Å². The van der Waals surface area contributed by atoms with E-state index in [2.05, 4.69) is 14.9 Å². The van der Waals surface area contributed by atoms with Gasteiger partial charge in [-0.25, -0.2) is 4.79 Å². The van der Waals surface area contributed by atoms with Crippen LogP contribution in [-0.2, 0) is 14.3 Å². The molecule has 0 spiro atoms. The van der Waals surface area contributed by atoms with Crippen LogP contribution >= 0.6 is 0 Å². The van der Waals surface area contributed by atoms with Gasteiger partial charge in [-0.3, -0.25) is 0 Å². The summed E-state index contributed by atoms with van der Waals surface area (Å²) >= 11 is 0. The number of carbonyl (C=O) groups excluding carboxylic acids is 1. The maximum absolute atomic E-state index is 11.5. The monoisotopic (exact) mass is 262 g/mol. The lowest BCUT2D eigenvalue weighted by atomic mass is 10.2. The molecule has 1 aliphatic rings. The highest BCUT2D eigenvalue weighted by Crippen LogP contribution is 2.18. The Morgan fingerprint density at radius 2 is 2.32 bits per heavy atom. The molecule has 1 fully saturated rings. The van der Waals surface area contributed by atoms with Gasteiger partial charge in [0.05, 0.1) is 19.8 Å². The second kappa shape index (κ2) is 5.63. The molecule has 0 N–H and O–H groups in total. The number of morpholine rings is 1. The van der Waals surface area contributed by atoms with Crippen molar-refractivity contribution in [1.29, 1.82) is 5.26 Å². The van der Waals surface area contributed by atoms with Crippen molar-refractivity contribution in [2.45, 2.75) is 19.1 Å². The van der Waals surface area contributed by atoms with Crippen molar-refractivity contribution in [3.63, 3.8) is 0 Å². The zero-order valence-electron chi connectivity index (χ0n) is 10.7. The Labute approximate surface area is 110 Å². The second-order valence-electron chi connectivity index (χ2n) is 4.25. The number of anilines is 1.